The number of ether oxygens (including phenoxy) is 1. The van der Waals surface area contributed by atoms with Crippen LogP contribution in [-0.4, -0.2) is 20.7 Å². The normalized spacial score (nSPS) is 10.9. The van der Waals surface area contributed by atoms with Gasteiger partial charge in [-0.15, -0.1) is 0 Å². The van der Waals surface area contributed by atoms with Gasteiger partial charge in [0.15, 0.2) is 5.82 Å². The second-order valence-electron chi connectivity index (χ2n) is 8.18. The first-order valence-electron chi connectivity index (χ1n) is 11.2. The Hall–Kier alpha value is -4.16. The predicted molar refractivity (Wildman–Crippen MR) is 138 cm³/mol. The van der Waals surface area contributed by atoms with Gasteiger partial charge in [0.05, 0.1) is 17.6 Å². The van der Waals surface area contributed by atoms with Crippen LogP contribution in [0.15, 0.2) is 91.1 Å². The molecule has 0 radical (unpaired) electrons. The number of aryl methyl sites for hydroxylation is 1. The number of pyridine rings is 1. The van der Waals surface area contributed by atoms with Gasteiger partial charge in [0, 0.05) is 33.9 Å². The zero-order valence-corrected chi connectivity index (χ0v) is 19.9. The van der Waals surface area contributed by atoms with Gasteiger partial charge in [-0.1, -0.05) is 60.1 Å². The van der Waals surface area contributed by atoms with Crippen molar-refractivity contribution in [2.24, 2.45) is 0 Å². The summed E-state index contributed by atoms with van der Waals surface area (Å²) in [6.07, 6.45) is 1.64. The minimum atomic E-state index is -0.233. The summed E-state index contributed by atoms with van der Waals surface area (Å²) in [6.45, 7) is 2.85. The molecule has 35 heavy (non-hydrogen) atoms. The molecule has 0 atom stereocenters. The van der Waals surface area contributed by atoms with Crippen LogP contribution in [-0.2, 0) is 13.2 Å². The first-order valence-corrected chi connectivity index (χ1v) is 11.6. The molecule has 6 nitrogen and oxygen atoms in total. The number of carbonyl (C=O) groups excluding carboxylic acids is 1. The number of fused-ring (bicyclic) bond motifs is 1. The Morgan fingerprint density at radius 1 is 1.00 bits per heavy atom. The maximum atomic E-state index is 13.0. The molecular weight excluding hydrogens is 460 g/mol. The summed E-state index contributed by atoms with van der Waals surface area (Å²) in [5.41, 5.74) is 4.20. The van der Waals surface area contributed by atoms with Gasteiger partial charge in [-0.2, -0.15) is 5.10 Å². The molecule has 0 fully saturated rings. The minimum absolute atomic E-state index is 0.233. The smallest absolute Gasteiger partial charge is 0.257 e. The molecule has 1 N–H and O–H groups in total. The number of para-hydroxylation sites is 1. The van der Waals surface area contributed by atoms with E-state index in [1.807, 2.05) is 90.5 Å². The molecule has 7 heteroatoms. The maximum absolute atomic E-state index is 13.0. The summed E-state index contributed by atoms with van der Waals surface area (Å²) >= 11 is 6.28. The van der Waals surface area contributed by atoms with Crippen LogP contribution in [0.4, 0.5) is 5.82 Å². The van der Waals surface area contributed by atoms with E-state index in [1.165, 1.54) is 0 Å². The molecule has 2 heterocycles. The molecule has 5 rings (SSSR count). The monoisotopic (exact) mass is 482 g/mol. The molecule has 0 aliphatic carbocycles. The molecule has 0 bridgehead atoms. The largest absolute Gasteiger partial charge is 0.489 e. The lowest BCUT2D eigenvalue weighted by molar-refractivity contribution is 0.102. The molecule has 0 aliphatic heterocycles. The fraction of sp³-hybridized carbons (Fsp3) is 0.107. The zero-order chi connectivity index (χ0) is 24.2. The molecule has 0 spiro atoms. The lowest BCUT2D eigenvalue weighted by atomic mass is 10.1. The Balaban J connectivity index is 1.34. The minimum Gasteiger partial charge on any atom is -0.489 e. The predicted octanol–water partition coefficient (Wildman–Crippen LogP) is 6.27. The Morgan fingerprint density at radius 2 is 1.80 bits per heavy atom. The van der Waals surface area contributed by atoms with Gasteiger partial charge in [0.2, 0.25) is 0 Å². The lowest BCUT2D eigenvalue weighted by Gasteiger charge is -2.13. The molecule has 0 saturated carbocycles. The third-order valence-corrected chi connectivity index (χ3v) is 5.93. The van der Waals surface area contributed by atoms with Crippen LogP contribution in [0.3, 0.4) is 0 Å². The van der Waals surface area contributed by atoms with Crippen LogP contribution >= 0.6 is 11.6 Å². The SMILES string of the molecule is Cc1cc(NC(=O)c2ccnc3ccccc23)nn1Cc1cc(Cl)ccc1OCc1ccccc1. The highest BCUT2D eigenvalue weighted by Crippen LogP contribution is 2.26. The number of nitrogens with one attached hydrogen (secondary N) is 1. The van der Waals surface area contributed by atoms with E-state index >= 15 is 0 Å². The molecule has 0 unspecified atom stereocenters. The fourth-order valence-electron chi connectivity index (χ4n) is 3.92. The Kier molecular flexibility index (Phi) is 6.46. The first kappa shape index (κ1) is 22.6. The van der Waals surface area contributed by atoms with E-state index < -0.39 is 0 Å². The van der Waals surface area contributed by atoms with Crippen LogP contribution in [0.1, 0.15) is 27.2 Å². The number of anilines is 1. The quantitative estimate of drug-likeness (QED) is 0.296. The second-order valence-corrected chi connectivity index (χ2v) is 8.62. The molecule has 3 aromatic carbocycles. The van der Waals surface area contributed by atoms with Gasteiger partial charge in [-0.3, -0.25) is 14.5 Å². The third-order valence-electron chi connectivity index (χ3n) is 5.70. The third kappa shape index (κ3) is 5.18. The summed E-state index contributed by atoms with van der Waals surface area (Å²) < 4.78 is 7.91. The molecule has 1 amide bonds. The topological polar surface area (TPSA) is 69.0 Å². The van der Waals surface area contributed by atoms with E-state index in [4.69, 9.17) is 16.3 Å². The summed E-state index contributed by atoms with van der Waals surface area (Å²) in [5.74, 6) is 0.979. The van der Waals surface area contributed by atoms with Crippen LogP contribution in [0.5, 0.6) is 5.75 Å². The van der Waals surface area contributed by atoms with E-state index in [2.05, 4.69) is 15.4 Å². The number of carbonyl (C=O) groups is 1. The molecule has 5 aromatic rings. The van der Waals surface area contributed by atoms with Crippen molar-refractivity contribution in [2.45, 2.75) is 20.1 Å². The van der Waals surface area contributed by atoms with Gasteiger partial charge in [-0.05, 0) is 42.8 Å². The number of nitrogens with zero attached hydrogens (tertiary/aromatic N) is 3. The lowest BCUT2D eigenvalue weighted by Crippen LogP contribution is -2.13. The molecular formula is C28H23ClN4O2. The van der Waals surface area contributed by atoms with Crippen LogP contribution < -0.4 is 10.1 Å². The highest BCUT2D eigenvalue weighted by molar-refractivity contribution is 6.30. The van der Waals surface area contributed by atoms with Crippen molar-refractivity contribution in [2.75, 3.05) is 5.32 Å². The molecule has 0 aliphatic rings. The number of rotatable bonds is 7. The van der Waals surface area contributed by atoms with Crippen molar-refractivity contribution in [1.82, 2.24) is 14.8 Å². The first-order chi connectivity index (χ1) is 17.1. The summed E-state index contributed by atoms with van der Waals surface area (Å²) in [7, 11) is 0. The average Bonchev–Trinajstić information content (AvgIpc) is 3.21. The van der Waals surface area contributed by atoms with E-state index in [1.54, 1.807) is 12.3 Å². The fourth-order valence-corrected chi connectivity index (χ4v) is 4.11. The number of hydrogen-bond donors (Lipinski definition) is 1. The summed E-state index contributed by atoms with van der Waals surface area (Å²) in [6, 6.07) is 26.7. The molecule has 174 valence electrons. The highest BCUT2D eigenvalue weighted by Gasteiger charge is 2.14. The van der Waals surface area contributed by atoms with Crippen LogP contribution in [0.2, 0.25) is 5.02 Å². The molecule has 2 aromatic heterocycles. The van der Waals surface area contributed by atoms with Crippen LogP contribution in [0, 0.1) is 6.92 Å². The number of hydrogen-bond acceptors (Lipinski definition) is 4. The van der Waals surface area contributed by atoms with Crippen molar-refractivity contribution in [3.8, 4) is 5.75 Å². The van der Waals surface area contributed by atoms with Crippen molar-refractivity contribution >= 4 is 34.2 Å². The number of amides is 1. The van der Waals surface area contributed by atoms with E-state index in [-0.39, 0.29) is 5.91 Å². The van der Waals surface area contributed by atoms with Crippen molar-refractivity contribution in [1.29, 1.82) is 0 Å². The van der Waals surface area contributed by atoms with Gasteiger partial charge in [0.1, 0.15) is 12.4 Å². The maximum Gasteiger partial charge on any atom is 0.257 e. The Labute approximate surface area is 208 Å². The average molecular weight is 483 g/mol. The highest BCUT2D eigenvalue weighted by atomic mass is 35.5. The molecule has 0 saturated heterocycles. The second kappa shape index (κ2) is 9.99. The van der Waals surface area contributed by atoms with Gasteiger partial charge >= 0.3 is 0 Å². The zero-order valence-electron chi connectivity index (χ0n) is 19.1. The van der Waals surface area contributed by atoms with E-state index in [0.29, 0.717) is 29.6 Å². The number of aromatic nitrogens is 3. The van der Waals surface area contributed by atoms with E-state index in [9.17, 15) is 4.79 Å². The number of benzene rings is 3. The van der Waals surface area contributed by atoms with Crippen molar-refractivity contribution < 1.29 is 9.53 Å². The summed E-state index contributed by atoms with van der Waals surface area (Å²) in [5, 5.41) is 8.94. The Bertz CT molecular complexity index is 1490. The van der Waals surface area contributed by atoms with Gasteiger partial charge in [-0.25, -0.2) is 0 Å². The van der Waals surface area contributed by atoms with Crippen molar-refractivity contribution in [3.63, 3.8) is 0 Å². The van der Waals surface area contributed by atoms with Gasteiger partial charge < -0.3 is 10.1 Å². The van der Waals surface area contributed by atoms with Crippen LogP contribution in [0.25, 0.3) is 10.9 Å². The summed E-state index contributed by atoms with van der Waals surface area (Å²) in [4.78, 5) is 17.3. The van der Waals surface area contributed by atoms with Crippen molar-refractivity contribution in [3.05, 3.63) is 119 Å². The standard InChI is InChI=1S/C28H23ClN4O2/c1-19-15-27(31-28(34)24-13-14-30-25-10-6-5-9-23(24)25)32-33(19)17-21-16-22(29)11-12-26(21)35-18-20-7-3-2-4-8-20/h2-16H,17-18H2,1H3,(H,31,32,34). The Morgan fingerprint density at radius 3 is 2.66 bits per heavy atom. The van der Waals surface area contributed by atoms with E-state index in [0.717, 1.165) is 33.5 Å². The van der Waals surface area contributed by atoms with Gasteiger partial charge in [0.25, 0.3) is 5.91 Å². The number of halogens is 1.